The summed E-state index contributed by atoms with van der Waals surface area (Å²) in [5.41, 5.74) is 3.91. The zero-order chi connectivity index (χ0) is 10.4. The van der Waals surface area contributed by atoms with E-state index in [-0.39, 0.29) is 5.97 Å². The number of rotatable bonds is 4. The highest BCUT2D eigenvalue weighted by molar-refractivity contribution is 6.17. The van der Waals surface area contributed by atoms with Crippen molar-refractivity contribution < 1.29 is 9.63 Å². The van der Waals surface area contributed by atoms with Crippen LogP contribution in [-0.2, 0) is 10.7 Å². The molecule has 3 nitrogen and oxygen atoms in total. The molecule has 0 spiro atoms. The van der Waals surface area contributed by atoms with Crippen LogP contribution in [0.4, 0.5) is 0 Å². The molecule has 0 aliphatic heterocycles. The summed E-state index contributed by atoms with van der Waals surface area (Å²) < 4.78 is 0. The summed E-state index contributed by atoms with van der Waals surface area (Å²) in [6.45, 7) is 2.43. The van der Waals surface area contributed by atoms with Gasteiger partial charge in [-0.25, -0.2) is 4.79 Å². The van der Waals surface area contributed by atoms with Crippen LogP contribution in [0.2, 0.25) is 0 Å². The summed E-state index contributed by atoms with van der Waals surface area (Å²) in [4.78, 5) is 16.1. The van der Waals surface area contributed by atoms with Crippen LogP contribution in [0.3, 0.4) is 0 Å². The highest BCUT2D eigenvalue weighted by Gasteiger charge is 2.06. The van der Waals surface area contributed by atoms with Gasteiger partial charge in [-0.2, -0.15) is 5.48 Å². The Bertz CT molecular complexity index is 315. The van der Waals surface area contributed by atoms with Crippen molar-refractivity contribution in [2.24, 2.45) is 0 Å². The van der Waals surface area contributed by atoms with Gasteiger partial charge in [-0.1, -0.05) is 12.1 Å². The summed E-state index contributed by atoms with van der Waals surface area (Å²) in [7, 11) is 0. The van der Waals surface area contributed by atoms with Gasteiger partial charge >= 0.3 is 5.97 Å². The van der Waals surface area contributed by atoms with Crippen LogP contribution in [0.15, 0.2) is 24.3 Å². The first kappa shape index (κ1) is 11.0. The monoisotopic (exact) mass is 213 g/mol. The van der Waals surface area contributed by atoms with E-state index in [9.17, 15) is 4.79 Å². The second-order valence-corrected chi connectivity index (χ2v) is 2.99. The number of hydrogen-bond donors (Lipinski definition) is 1. The van der Waals surface area contributed by atoms with Gasteiger partial charge in [-0.05, 0) is 24.6 Å². The first-order valence-corrected chi connectivity index (χ1v) is 4.90. The lowest BCUT2D eigenvalue weighted by atomic mass is 10.1. The fraction of sp³-hybridized carbons (Fsp3) is 0.300. The summed E-state index contributed by atoms with van der Waals surface area (Å²) in [5, 5.41) is 0. The SMILES string of the molecule is CCNOC(=O)c1cccc(CCl)c1. The van der Waals surface area contributed by atoms with E-state index in [4.69, 9.17) is 16.4 Å². The largest absolute Gasteiger partial charge is 0.367 e. The van der Waals surface area contributed by atoms with E-state index < -0.39 is 0 Å². The van der Waals surface area contributed by atoms with Crippen LogP contribution in [0.25, 0.3) is 0 Å². The molecule has 0 aliphatic rings. The molecular weight excluding hydrogens is 202 g/mol. The average Bonchev–Trinajstić information content (AvgIpc) is 2.26. The molecule has 0 bridgehead atoms. The van der Waals surface area contributed by atoms with E-state index in [2.05, 4.69) is 5.48 Å². The number of carbonyl (C=O) groups excluding carboxylic acids is 1. The Labute approximate surface area is 88.0 Å². The topological polar surface area (TPSA) is 38.3 Å². The van der Waals surface area contributed by atoms with Crippen LogP contribution >= 0.6 is 11.6 Å². The van der Waals surface area contributed by atoms with Crippen molar-refractivity contribution in [3.63, 3.8) is 0 Å². The molecule has 0 saturated heterocycles. The average molecular weight is 214 g/mol. The molecule has 0 amide bonds. The molecular formula is C10H12ClNO2. The molecule has 1 aromatic rings. The Balaban J connectivity index is 2.69. The van der Waals surface area contributed by atoms with Crippen LogP contribution in [0, 0.1) is 0 Å². The molecule has 1 aromatic carbocycles. The van der Waals surface area contributed by atoms with Gasteiger partial charge in [0.2, 0.25) is 0 Å². The van der Waals surface area contributed by atoms with Crippen LogP contribution in [0.1, 0.15) is 22.8 Å². The Morgan fingerprint density at radius 1 is 1.57 bits per heavy atom. The van der Waals surface area contributed by atoms with Crippen LogP contribution < -0.4 is 5.48 Å². The van der Waals surface area contributed by atoms with Gasteiger partial charge in [-0.15, -0.1) is 11.6 Å². The number of carbonyl (C=O) groups is 1. The number of nitrogens with one attached hydrogen (secondary N) is 1. The molecule has 1 N–H and O–H groups in total. The molecule has 4 heteroatoms. The van der Waals surface area contributed by atoms with E-state index in [1.54, 1.807) is 18.2 Å². The lowest BCUT2D eigenvalue weighted by molar-refractivity contribution is 0.0265. The number of hydroxylamine groups is 1. The Morgan fingerprint density at radius 3 is 3.00 bits per heavy atom. The Hall–Kier alpha value is -1.06. The first-order valence-electron chi connectivity index (χ1n) is 4.37. The molecule has 0 heterocycles. The van der Waals surface area contributed by atoms with E-state index in [0.29, 0.717) is 18.0 Å². The van der Waals surface area contributed by atoms with Crippen molar-refractivity contribution in [3.8, 4) is 0 Å². The molecule has 0 unspecified atom stereocenters. The van der Waals surface area contributed by atoms with E-state index in [1.165, 1.54) is 0 Å². The molecule has 0 aromatic heterocycles. The molecule has 0 fully saturated rings. The van der Waals surface area contributed by atoms with E-state index in [0.717, 1.165) is 5.56 Å². The number of halogens is 1. The molecule has 0 atom stereocenters. The molecule has 1 rings (SSSR count). The third-order valence-electron chi connectivity index (χ3n) is 1.63. The summed E-state index contributed by atoms with van der Waals surface area (Å²) >= 11 is 5.64. The molecule has 0 radical (unpaired) electrons. The fourth-order valence-electron chi connectivity index (χ4n) is 0.978. The smallest absolute Gasteiger partial charge is 0.356 e. The van der Waals surface area contributed by atoms with Gasteiger partial charge in [0.05, 0.1) is 5.56 Å². The van der Waals surface area contributed by atoms with Gasteiger partial charge in [0.15, 0.2) is 0 Å². The van der Waals surface area contributed by atoms with E-state index in [1.807, 2.05) is 13.0 Å². The van der Waals surface area contributed by atoms with Crippen molar-refractivity contribution in [2.45, 2.75) is 12.8 Å². The second-order valence-electron chi connectivity index (χ2n) is 2.72. The lowest BCUT2D eigenvalue weighted by Gasteiger charge is -2.03. The third kappa shape index (κ3) is 3.01. The number of benzene rings is 1. The minimum Gasteiger partial charge on any atom is -0.367 e. The highest BCUT2D eigenvalue weighted by Crippen LogP contribution is 2.08. The number of hydrogen-bond acceptors (Lipinski definition) is 3. The van der Waals surface area contributed by atoms with Crippen molar-refractivity contribution in [3.05, 3.63) is 35.4 Å². The standard InChI is InChI=1S/C10H12ClNO2/c1-2-12-14-10(13)9-5-3-4-8(6-9)7-11/h3-6,12H,2,7H2,1H3. The van der Waals surface area contributed by atoms with Crippen molar-refractivity contribution >= 4 is 17.6 Å². The van der Waals surface area contributed by atoms with Gasteiger partial charge in [0.1, 0.15) is 0 Å². The normalized spacial score (nSPS) is 9.86. The van der Waals surface area contributed by atoms with Crippen LogP contribution in [-0.4, -0.2) is 12.5 Å². The summed E-state index contributed by atoms with van der Waals surface area (Å²) in [6, 6.07) is 7.04. The van der Waals surface area contributed by atoms with Gasteiger partial charge in [0, 0.05) is 12.4 Å². The molecule has 14 heavy (non-hydrogen) atoms. The maximum Gasteiger partial charge on any atom is 0.356 e. The minimum absolute atomic E-state index is 0.390. The first-order chi connectivity index (χ1) is 6.77. The zero-order valence-electron chi connectivity index (χ0n) is 7.92. The predicted octanol–water partition coefficient (Wildman–Crippen LogP) is 2.11. The lowest BCUT2D eigenvalue weighted by Crippen LogP contribution is -2.19. The van der Waals surface area contributed by atoms with E-state index >= 15 is 0 Å². The Kier molecular flexibility index (Phi) is 4.43. The quantitative estimate of drug-likeness (QED) is 0.615. The van der Waals surface area contributed by atoms with Crippen molar-refractivity contribution in [1.82, 2.24) is 5.48 Å². The highest BCUT2D eigenvalue weighted by atomic mass is 35.5. The third-order valence-corrected chi connectivity index (χ3v) is 1.93. The number of alkyl halides is 1. The summed E-state index contributed by atoms with van der Waals surface area (Å²) in [5.74, 6) is 0.00121. The molecule has 0 saturated carbocycles. The Morgan fingerprint density at radius 2 is 2.36 bits per heavy atom. The predicted molar refractivity (Wildman–Crippen MR) is 55.1 cm³/mol. The van der Waals surface area contributed by atoms with Crippen LogP contribution in [0.5, 0.6) is 0 Å². The fourth-order valence-corrected chi connectivity index (χ4v) is 1.14. The molecule has 76 valence electrons. The van der Waals surface area contributed by atoms with Gasteiger partial charge < -0.3 is 4.84 Å². The van der Waals surface area contributed by atoms with Gasteiger partial charge in [-0.3, -0.25) is 0 Å². The maximum absolute atomic E-state index is 11.3. The van der Waals surface area contributed by atoms with Crippen molar-refractivity contribution in [1.29, 1.82) is 0 Å². The van der Waals surface area contributed by atoms with Crippen molar-refractivity contribution in [2.75, 3.05) is 6.54 Å². The zero-order valence-corrected chi connectivity index (χ0v) is 8.67. The summed E-state index contributed by atoms with van der Waals surface area (Å²) in [6.07, 6.45) is 0. The van der Waals surface area contributed by atoms with Gasteiger partial charge in [0.25, 0.3) is 0 Å². The molecule has 0 aliphatic carbocycles. The second kappa shape index (κ2) is 5.62. The minimum atomic E-state index is -0.390. The maximum atomic E-state index is 11.3.